The van der Waals surface area contributed by atoms with Crippen LogP contribution < -0.4 is 5.56 Å². The average Bonchev–Trinajstić information content (AvgIpc) is 2.71. The van der Waals surface area contributed by atoms with E-state index in [4.69, 9.17) is 4.74 Å². The van der Waals surface area contributed by atoms with Crippen LogP contribution in [-0.2, 0) is 16.6 Å². The first kappa shape index (κ1) is 15.8. The molecule has 0 spiro atoms. The van der Waals surface area contributed by atoms with Gasteiger partial charge in [0.05, 0.1) is 12.3 Å². The van der Waals surface area contributed by atoms with E-state index in [0.29, 0.717) is 11.3 Å². The Kier molecular flexibility index (Phi) is 4.60. The number of carbonyl (C=O) groups excluding carboxylic acids is 1. The Bertz CT molecular complexity index is 787. The second kappa shape index (κ2) is 6.43. The Morgan fingerprint density at radius 2 is 2.09 bits per heavy atom. The molecule has 0 aliphatic carbocycles. The largest absolute Gasteiger partial charge is 0.463 e. The number of carbonyl (C=O) groups is 1. The zero-order chi connectivity index (χ0) is 16.3. The third-order valence-electron chi connectivity index (χ3n) is 3.25. The summed E-state index contributed by atoms with van der Waals surface area (Å²) in [6.07, 6.45) is 2.65. The highest BCUT2D eigenvalue weighted by Crippen LogP contribution is 2.17. The van der Waals surface area contributed by atoms with Crippen molar-refractivity contribution in [3.8, 4) is 5.69 Å². The summed E-state index contributed by atoms with van der Waals surface area (Å²) in [4.78, 5) is 23.5. The van der Waals surface area contributed by atoms with E-state index in [1.54, 1.807) is 25.6 Å². The quantitative estimate of drug-likeness (QED) is 0.643. The second-order valence-corrected chi connectivity index (χ2v) is 4.75. The van der Waals surface area contributed by atoms with Crippen LogP contribution in [0.25, 0.3) is 11.8 Å². The van der Waals surface area contributed by atoms with Crippen molar-refractivity contribution >= 4 is 12.0 Å². The van der Waals surface area contributed by atoms with Gasteiger partial charge in [-0.3, -0.25) is 9.48 Å². The fraction of sp³-hybridized carbons (Fsp3) is 0.250. The zero-order valence-electron chi connectivity index (χ0n) is 12.7. The van der Waals surface area contributed by atoms with Crippen molar-refractivity contribution in [3.63, 3.8) is 0 Å². The summed E-state index contributed by atoms with van der Waals surface area (Å²) in [6, 6.07) is 5.52. The van der Waals surface area contributed by atoms with Crippen LogP contribution in [0.2, 0.25) is 0 Å². The van der Waals surface area contributed by atoms with Crippen molar-refractivity contribution in [1.29, 1.82) is 0 Å². The maximum Gasteiger partial charge on any atom is 0.330 e. The van der Waals surface area contributed by atoms with Gasteiger partial charge in [-0.25, -0.2) is 13.9 Å². The highest BCUT2D eigenvalue weighted by atomic mass is 19.1. The number of hydrogen-bond acceptors (Lipinski definition) is 3. The number of benzene rings is 1. The fourth-order valence-electron chi connectivity index (χ4n) is 2.12. The molecule has 22 heavy (non-hydrogen) atoms. The van der Waals surface area contributed by atoms with E-state index in [0.717, 1.165) is 5.69 Å². The Morgan fingerprint density at radius 1 is 1.36 bits per heavy atom. The first-order valence-electron chi connectivity index (χ1n) is 6.84. The smallest absolute Gasteiger partial charge is 0.330 e. The van der Waals surface area contributed by atoms with Gasteiger partial charge >= 0.3 is 5.97 Å². The van der Waals surface area contributed by atoms with Crippen molar-refractivity contribution in [3.05, 3.63) is 57.8 Å². The van der Waals surface area contributed by atoms with Crippen molar-refractivity contribution in [2.45, 2.75) is 13.8 Å². The Labute approximate surface area is 127 Å². The zero-order valence-corrected chi connectivity index (χ0v) is 12.7. The number of rotatable bonds is 4. The summed E-state index contributed by atoms with van der Waals surface area (Å²) in [7, 11) is 1.74. The molecule has 0 fully saturated rings. The lowest BCUT2D eigenvalue weighted by atomic mass is 10.1. The summed E-state index contributed by atoms with van der Waals surface area (Å²) in [5.74, 6) is -0.973. The number of ether oxygens (including phenoxy) is 1. The molecule has 0 amide bonds. The minimum Gasteiger partial charge on any atom is -0.463 e. The molecule has 2 rings (SSSR count). The van der Waals surface area contributed by atoms with Crippen molar-refractivity contribution in [2.75, 3.05) is 6.61 Å². The lowest BCUT2D eigenvalue weighted by Gasteiger charge is -2.11. The first-order chi connectivity index (χ1) is 10.4. The number of hydrogen-bond donors (Lipinski definition) is 0. The molecule has 116 valence electrons. The van der Waals surface area contributed by atoms with Crippen molar-refractivity contribution in [2.24, 2.45) is 7.05 Å². The molecule has 0 atom stereocenters. The van der Waals surface area contributed by atoms with Gasteiger partial charge in [0.2, 0.25) is 0 Å². The normalized spacial score (nSPS) is 11.1. The van der Waals surface area contributed by atoms with Crippen molar-refractivity contribution in [1.82, 2.24) is 9.36 Å². The molecule has 0 N–H and O–H groups in total. The average molecular weight is 304 g/mol. The molecule has 0 aliphatic rings. The third kappa shape index (κ3) is 3.16. The van der Waals surface area contributed by atoms with Gasteiger partial charge in [-0.2, -0.15) is 0 Å². The van der Waals surface area contributed by atoms with E-state index in [1.165, 1.54) is 41.1 Å². The molecule has 1 heterocycles. The van der Waals surface area contributed by atoms with Crippen LogP contribution in [-0.4, -0.2) is 21.9 Å². The van der Waals surface area contributed by atoms with E-state index in [-0.39, 0.29) is 12.2 Å². The first-order valence-corrected chi connectivity index (χ1v) is 6.84. The van der Waals surface area contributed by atoms with Gasteiger partial charge in [-0.1, -0.05) is 0 Å². The Hall–Kier alpha value is -2.63. The van der Waals surface area contributed by atoms with Crippen LogP contribution in [0.5, 0.6) is 0 Å². The summed E-state index contributed by atoms with van der Waals surface area (Å²) in [5.41, 5.74) is 1.45. The minimum atomic E-state index is -0.520. The van der Waals surface area contributed by atoms with E-state index >= 15 is 0 Å². The van der Waals surface area contributed by atoms with Gasteiger partial charge < -0.3 is 4.74 Å². The number of aryl methyl sites for hydroxylation is 1. The predicted octanol–water partition coefficient (Wildman–Crippen LogP) is 2.20. The monoisotopic (exact) mass is 304 g/mol. The molecular formula is C16H17FN2O3. The van der Waals surface area contributed by atoms with Crippen LogP contribution in [0.15, 0.2) is 35.1 Å². The number of nitrogens with zero attached hydrogens (tertiary/aromatic N) is 2. The van der Waals surface area contributed by atoms with Gasteiger partial charge in [0.25, 0.3) is 5.56 Å². The van der Waals surface area contributed by atoms with Crippen LogP contribution in [0.1, 0.15) is 18.2 Å². The van der Waals surface area contributed by atoms with Gasteiger partial charge in [-0.05, 0) is 38.1 Å². The summed E-state index contributed by atoms with van der Waals surface area (Å²) >= 11 is 0. The minimum absolute atomic E-state index is 0.225. The summed E-state index contributed by atoms with van der Waals surface area (Å²) < 4.78 is 21.4. The molecule has 0 radical (unpaired) electrons. The van der Waals surface area contributed by atoms with Crippen LogP contribution in [0, 0.1) is 12.7 Å². The highest BCUT2D eigenvalue weighted by Gasteiger charge is 2.11. The maximum atomic E-state index is 13.5. The van der Waals surface area contributed by atoms with Gasteiger partial charge in [-0.15, -0.1) is 0 Å². The third-order valence-corrected chi connectivity index (χ3v) is 3.25. The fourth-order valence-corrected chi connectivity index (χ4v) is 2.12. The molecule has 5 nitrogen and oxygen atoms in total. The highest BCUT2D eigenvalue weighted by molar-refractivity contribution is 5.87. The molecular weight excluding hydrogens is 287 g/mol. The number of halogens is 1. The van der Waals surface area contributed by atoms with E-state index in [9.17, 15) is 14.0 Å². The summed E-state index contributed by atoms with van der Waals surface area (Å²) in [6.45, 7) is 3.76. The summed E-state index contributed by atoms with van der Waals surface area (Å²) in [5, 5.41) is 0. The standard InChI is InChI=1S/C16H17FN2O3/c1-4-22-16(21)8-5-12-10-13(17)6-7-14(12)19-15(20)9-11(2)18(19)3/h5-10H,4H2,1-3H3/b8-5+. The van der Waals surface area contributed by atoms with E-state index in [2.05, 4.69) is 0 Å². The molecule has 0 saturated carbocycles. The molecule has 2 aromatic rings. The van der Waals surface area contributed by atoms with Crippen molar-refractivity contribution < 1.29 is 13.9 Å². The van der Waals surface area contributed by atoms with Gasteiger partial charge in [0.15, 0.2) is 0 Å². The maximum absolute atomic E-state index is 13.5. The molecule has 6 heteroatoms. The molecule has 1 aromatic heterocycles. The van der Waals surface area contributed by atoms with E-state index < -0.39 is 11.8 Å². The molecule has 0 aliphatic heterocycles. The van der Waals surface area contributed by atoms with E-state index in [1.807, 2.05) is 0 Å². The predicted molar refractivity (Wildman–Crippen MR) is 81.4 cm³/mol. The van der Waals surface area contributed by atoms with Crippen LogP contribution in [0.4, 0.5) is 4.39 Å². The molecule has 0 unspecified atom stereocenters. The molecule has 1 aromatic carbocycles. The second-order valence-electron chi connectivity index (χ2n) is 4.75. The van der Waals surface area contributed by atoms with Crippen LogP contribution >= 0.6 is 0 Å². The van der Waals surface area contributed by atoms with Gasteiger partial charge in [0, 0.05) is 30.4 Å². The van der Waals surface area contributed by atoms with Crippen LogP contribution in [0.3, 0.4) is 0 Å². The number of esters is 1. The lowest BCUT2D eigenvalue weighted by Crippen LogP contribution is -2.20. The Morgan fingerprint density at radius 3 is 2.68 bits per heavy atom. The topological polar surface area (TPSA) is 53.2 Å². The Balaban J connectivity index is 2.53. The van der Waals surface area contributed by atoms with Gasteiger partial charge in [0.1, 0.15) is 5.82 Å². The molecule has 0 saturated heterocycles. The SMILES string of the molecule is CCOC(=O)/C=C/c1cc(F)ccc1-n1c(=O)cc(C)n1C. The molecule has 0 bridgehead atoms. The lowest BCUT2D eigenvalue weighted by molar-refractivity contribution is -0.137. The number of aromatic nitrogens is 2.